The average Bonchev–Trinajstić information content (AvgIpc) is 2.82. The van der Waals surface area contributed by atoms with Gasteiger partial charge in [0.1, 0.15) is 0 Å². The van der Waals surface area contributed by atoms with Gasteiger partial charge in [-0.25, -0.2) is 0 Å². The smallest absolute Gasteiger partial charge is 0.413 e. The molecule has 0 heterocycles. The van der Waals surface area contributed by atoms with E-state index in [0.717, 1.165) is 0 Å². The number of unbranched alkanes of at least 4 members (excludes halogenated alkanes) is 9. The van der Waals surface area contributed by atoms with Gasteiger partial charge in [-0.2, -0.15) is 0 Å². The summed E-state index contributed by atoms with van der Waals surface area (Å²) in [4.78, 5) is 0. The zero-order chi connectivity index (χ0) is 27.8. The lowest BCUT2D eigenvalue weighted by Gasteiger charge is -2.45. The summed E-state index contributed by atoms with van der Waals surface area (Å²) in [6.07, 6.45) is 15.4. The Balaban J connectivity index is 3.35. The third kappa shape index (κ3) is 14.8. The molecule has 0 amide bonds. The molecule has 0 radical (unpaired) electrons. The monoisotopic (exact) mass is 582 g/mol. The summed E-state index contributed by atoms with van der Waals surface area (Å²) < 4.78 is 22.3. The topological polar surface area (TPSA) is 27.7 Å². The quantitative estimate of drug-likeness (QED) is 0.100. The van der Waals surface area contributed by atoms with Gasteiger partial charge >= 0.3 is 8.80 Å². The molecule has 0 saturated heterocycles. The molecule has 0 unspecified atom stereocenters. The van der Waals surface area contributed by atoms with Gasteiger partial charge in [0.25, 0.3) is 0 Å². The predicted octanol–water partition coefficient (Wildman–Crippen LogP) is 10.2. The van der Waals surface area contributed by atoms with E-state index in [1.54, 1.807) is 0 Å². The Bertz CT molecular complexity index is 645. The number of hydrogen-bond donors (Lipinski definition) is 0. The first-order valence-electron chi connectivity index (χ1n) is 15.6. The lowest BCUT2D eigenvalue weighted by molar-refractivity contribution is 0.266. The molecule has 1 rings (SSSR count). The van der Waals surface area contributed by atoms with Gasteiger partial charge < -0.3 is 12.3 Å². The lowest BCUT2D eigenvalue weighted by Crippen LogP contribution is -2.68. The lowest BCUT2D eigenvalue weighted by atomic mass is 10.2. The van der Waals surface area contributed by atoms with Crippen LogP contribution in [-0.2, 0) is 12.3 Å². The molecule has 216 valence electrons. The molecular weight excluding hydrogens is 521 g/mol. The van der Waals surface area contributed by atoms with E-state index < -0.39 is 33.8 Å². The van der Waals surface area contributed by atoms with Crippen LogP contribution in [0.1, 0.15) is 97.8 Å². The normalized spacial score (nSPS) is 13.3. The Morgan fingerprint density at radius 2 is 0.784 bits per heavy atom. The molecule has 0 bridgehead atoms. The Kier molecular flexibility index (Phi) is 16.7. The molecule has 0 aromatic heterocycles. The fraction of sp³-hybridized carbons (Fsp3) is 0.800. The largest absolute Gasteiger partial charge is 0.505 e. The van der Waals surface area contributed by atoms with Crippen molar-refractivity contribution in [1.29, 1.82) is 0 Å². The van der Waals surface area contributed by atoms with Gasteiger partial charge in [0.05, 0.1) is 0 Å². The minimum atomic E-state index is -3.10. The first-order chi connectivity index (χ1) is 17.4. The number of benzene rings is 1. The van der Waals surface area contributed by atoms with Crippen LogP contribution in [-0.4, -0.2) is 33.8 Å². The maximum absolute atomic E-state index is 7.42. The van der Waals surface area contributed by atoms with Gasteiger partial charge in [-0.1, -0.05) is 128 Å². The van der Waals surface area contributed by atoms with Crippen LogP contribution in [0.2, 0.25) is 57.4 Å². The highest BCUT2D eigenvalue weighted by Crippen LogP contribution is 2.32. The maximum Gasteiger partial charge on any atom is 0.505 e. The molecule has 0 aliphatic heterocycles. The summed E-state index contributed by atoms with van der Waals surface area (Å²) >= 11 is 0. The molecule has 0 atom stereocenters. The molecular formula is C30H62O3Si4. The first kappa shape index (κ1) is 35.0. The van der Waals surface area contributed by atoms with Crippen molar-refractivity contribution in [3.8, 4) is 0 Å². The van der Waals surface area contributed by atoms with Crippen LogP contribution in [0.5, 0.6) is 0 Å². The van der Waals surface area contributed by atoms with Gasteiger partial charge in [-0.05, 0) is 57.4 Å². The van der Waals surface area contributed by atoms with Crippen molar-refractivity contribution in [3.63, 3.8) is 0 Å². The van der Waals surface area contributed by atoms with E-state index in [1.165, 1.54) is 100 Å². The zero-order valence-corrected chi connectivity index (χ0v) is 30.2. The van der Waals surface area contributed by atoms with Crippen molar-refractivity contribution in [3.05, 3.63) is 30.3 Å². The second-order valence-corrected chi connectivity index (χ2v) is 29.1. The van der Waals surface area contributed by atoms with Crippen LogP contribution < -0.4 is 5.19 Å². The maximum atomic E-state index is 7.42. The molecule has 0 spiro atoms. The second kappa shape index (κ2) is 17.6. The molecule has 1 aromatic rings. The Hall–Kier alpha value is -0.0325. The van der Waals surface area contributed by atoms with Gasteiger partial charge in [0.2, 0.25) is 0 Å². The fourth-order valence-electron chi connectivity index (χ4n) is 5.06. The SMILES string of the molecule is CCCCCC[Si](C)(C)O[Si](O[Si](C)(C)CCCCCC)(O[Si](C)(C)CCCCCC)c1ccccc1. The first-order valence-corrected chi connectivity index (χ1v) is 26.6. The van der Waals surface area contributed by atoms with E-state index in [-0.39, 0.29) is 0 Å². The molecule has 0 saturated carbocycles. The summed E-state index contributed by atoms with van der Waals surface area (Å²) in [6.45, 7) is 21.3. The Labute approximate surface area is 236 Å². The minimum absolute atomic E-state index is 1.18. The van der Waals surface area contributed by atoms with Crippen LogP contribution in [0.3, 0.4) is 0 Å². The molecule has 0 fully saturated rings. The zero-order valence-electron chi connectivity index (χ0n) is 26.2. The molecule has 0 aliphatic rings. The van der Waals surface area contributed by atoms with Crippen LogP contribution in [0.4, 0.5) is 0 Å². The second-order valence-electron chi connectivity index (χ2n) is 12.9. The number of rotatable bonds is 22. The summed E-state index contributed by atoms with van der Waals surface area (Å²) in [5, 5.41) is 1.19. The molecule has 0 N–H and O–H groups in total. The van der Waals surface area contributed by atoms with Crippen LogP contribution in [0.25, 0.3) is 0 Å². The molecule has 7 heteroatoms. The van der Waals surface area contributed by atoms with Crippen molar-refractivity contribution in [2.45, 2.75) is 155 Å². The summed E-state index contributed by atoms with van der Waals surface area (Å²) in [7, 11) is -9.11. The molecule has 37 heavy (non-hydrogen) atoms. The fourth-order valence-corrected chi connectivity index (χ4v) is 22.0. The third-order valence-corrected chi connectivity index (χ3v) is 22.8. The predicted molar refractivity (Wildman–Crippen MR) is 174 cm³/mol. The van der Waals surface area contributed by atoms with Crippen LogP contribution >= 0.6 is 0 Å². The van der Waals surface area contributed by atoms with Gasteiger partial charge in [0.15, 0.2) is 25.0 Å². The van der Waals surface area contributed by atoms with Crippen molar-refractivity contribution < 1.29 is 12.3 Å². The Morgan fingerprint density at radius 1 is 0.459 bits per heavy atom. The van der Waals surface area contributed by atoms with E-state index in [2.05, 4.69) is 90.4 Å². The summed E-state index contributed by atoms with van der Waals surface area (Å²) in [5.41, 5.74) is 0. The van der Waals surface area contributed by atoms with Crippen LogP contribution in [0, 0.1) is 0 Å². The van der Waals surface area contributed by atoms with Gasteiger partial charge in [-0.15, -0.1) is 0 Å². The molecule has 1 aromatic carbocycles. The van der Waals surface area contributed by atoms with Gasteiger partial charge in [-0.3, -0.25) is 0 Å². The standard InChI is InChI=1S/C30H62O3Si4/c1-10-13-16-22-27-34(4,5)31-37(30-25-20-19-21-26-30,32-35(6,7)28-23-17-14-11-2)33-36(8,9)29-24-18-15-12-3/h19-21,25-26H,10-18,22-24,27-29H2,1-9H3. The van der Waals surface area contributed by atoms with Crippen molar-refractivity contribution in [2.24, 2.45) is 0 Å². The van der Waals surface area contributed by atoms with Crippen LogP contribution in [0.15, 0.2) is 30.3 Å². The summed E-state index contributed by atoms with van der Waals surface area (Å²) in [5.74, 6) is 0. The van der Waals surface area contributed by atoms with Gasteiger partial charge in [0, 0.05) is 5.19 Å². The highest BCUT2D eigenvalue weighted by atomic mass is 28.5. The minimum Gasteiger partial charge on any atom is -0.413 e. The highest BCUT2D eigenvalue weighted by molar-refractivity contribution is 6.96. The number of hydrogen-bond acceptors (Lipinski definition) is 3. The third-order valence-electron chi connectivity index (χ3n) is 7.26. The Morgan fingerprint density at radius 3 is 1.08 bits per heavy atom. The molecule has 0 aliphatic carbocycles. The summed E-state index contributed by atoms with van der Waals surface area (Å²) in [6, 6.07) is 14.4. The van der Waals surface area contributed by atoms with E-state index in [4.69, 9.17) is 12.3 Å². The van der Waals surface area contributed by atoms with Crippen molar-refractivity contribution in [1.82, 2.24) is 0 Å². The highest BCUT2D eigenvalue weighted by Gasteiger charge is 2.54. The van der Waals surface area contributed by atoms with Crippen molar-refractivity contribution >= 4 is 38.9 Å². The average molecular weight is 583 g/mol. The molecule has 3 nitrogen and oxygen atoms in total. The van der Waals surface area contributed by atoms with E-state index in [9.17, 15) is 0 Å². The van der Waals surface area contributed by atoms with E-state index in [0.29, 0.717) is 0 Å². The van der Waals surface area contributed by atoms with E-state index in [1.807, 2.05) is 0 Å². The van der Waals surface area contributed by atoms with Crippen molar-refractivity contribution in [2.75, 3.05) is 0 Å². The van der Waals surface area contributed by atoms with E-state index >= 15 is 0 Å².